The van der Waals surface area contributed by atoms with E-state index in [4.69, 9.17) is 10.3 Å². The fourth-order valence-electron chi connectivity index (χ4n) is 5.29. The lowest BCUT2D eigenvalue weighted by atomic mass is 9.90. The lowest BCUT2D eigenvalue weighted by Gasteiger charge is -2.36. The molecule has 1 saturated carbocycles. The van der Waals surface area contributed by atoms with Gasteiger partial charge in [-0.1, -0.05) is 17.0 Å². The van der Waals surface area contributed by atoms with E-state index in [1.807, 2.05) is 26.8 Å². The summed E-state index contributed by atoms with van der Waals surface area (Å²) in [6.07, 6.45) is 3.51. The Hall–Kier alpha value is -4.03. The topological polar surface area (TPSA) is 145 Å². The Balaban J connectivity index is 1.40. The molecular formula is C28H34N6O5. The largest absolute Gasteiger partial charge is 0.444 e. The molecule has 0 aromatic heterocycles. The van der Waals surface area contributed by atoms with Crippen molar-refractivity contribution in [2.24, 2.45) is 5.11 Å². The first-order valence-corrected chi connectivity index (χ1v) is 13.4. The number of hydrogen-bond donors (Lipinski definition) is 1. The normalized spacial score (nSPS) is 22.7. The van der Waals surface area contributed by atoms with Crippen molar-refractivity contribution in [3.63, 3.8) is 0 Å². The summed E-state index contributed by atoms with van der Waals surface area (Å²) in [5, 5.41) is 6.13. The summed E-state index contributed by atoms with van der Waals surface area (Å²) >= 11 is 0. The van der Waals surface area contributed by atoms with Crippen molar-refractivity contribution in [2.45, 2.75) is 96.0 Å². The van der Waals surface area contributed by atoms with Crippen molar-refractivity contribution >= 4 is 23.8 Å². The molecule has 2 fully saturated rings. The zero-order chi connectivity index (χ0) is 28.2. The molecule has 11 nitrogen and oxygen atoms in total. The maximum Gasteiger partial charge on any atom is 0.410 e. The second-order valence-electron chi connectivity index (χ2n) is 11.2. The van der Waals surface area contributed by atoms with E-state index in [1.165, 1.54) is 4.90 Å². The first-order valence-electron chi connectivity index (χ1n) is 13.4. The third-order valence-corrected chi connectivity index (χ3v) is 7.18. The van der Waals surface area contributed by atoms with Crippen LogP contribution in [0.15, 0.2) is 23.3 Å². The van der Waals surface area contributed by atoms with E-state index in [2.05, 4.69) is 27.2 Å². The number of imide groups is 1. The molecule has 0 radical (unpaired) electrons. The minimum Gasteiger partial charge on any atom is -0.444 e. The van der Waals surface area contributed by atoms with Crippen LogP contribution < -0.4 is 5.32 Å². The number of nitrogens with one attached hydrogen (secondary N) is 1. The predicted octanol–water partition coefficient (Wildman–Crippen LogP) is 4.05. The van der Waals surface area contributed by atoms with Gasteiger partial charge in [-0.2, -0.15) is 0 Å². The molecule has 1 aromatic rings. The number of hydrogen-bond acceptors (Lipinski definition) is 6. The quantitative estimate of drug-likeness (QED) is 0.199. The Labute approximate surface area is 227 Å². The molecule has 206 valence electrons. The number of carbonyl (C=O) groups is 4. The summed E-state index contributed by atoms with van der Waals surface area (Å²) in [5.41, 5.74) is 10.2. The monoisotopic (exact) mass is 534 g/mol. The van der Waals surface area contributed by atoms with Crippen LogP contribution in [0.4, 0.5) is 4.79 Å². The number of nitrogens with zero attached hydrogens (tertiary/aromatic N) is 5. The molecule has 2 heterocycles. The summed E-state index contributed by atoms with van der Waals surface area (Å²) in [6, 6.07) is 4.66. The highest BCUT2D eigenvalue weighted by Gasteiger charge is 2.39. The highest BCUT2D eigenvalue weighted by atomic mass is 16.6. The zero-order valence-corrected chi connectivity index (χ0v) is 22.6. The second-order valence-corrected chi connectivity index (χ2v) is 11.2. The fraction of sp³-hybridized carbons (Fsp3) is 0.571. The summed E-state index contributed by atoms with van der Waals surface area (Å²) in [6.45, 7) is 6.20. The van der Waals surface area contributed by atoms with Gasteiger partial charge in [0.2, 0.25) is 11.8 Å². The average molecular weight is 535 g/mol. The van der Waals surface area contributed by atoms with Gasteiger partial charge in [0.05, 0.1) is 0 Å². The van der Waals surface area contributed by atoms with Gasteiger partial charge in [-0.05, 0) is 82.2 Å². The number of azide groups is 1. The van der Waals surface area contributed by atoms with Crippen molar-refractivity contribution in [1.29, 1.82) is 0 Å². The van der Waals surface area contributed by atoms with Crippen LogP contribution in [0.3, 0.4) is 0 Å². The molecule has 1 atom stereocenters. The van der Waals surface area contributed by atoms with E-state index in [9.17, 15) is 19.2 Å². The number of fused-ring (bicyclic) bond motifs is 1. The minimum absolute atomic E-state index is 0.00364. The van der Waals surface area contributed by atoms with E-state index >= 15 is 0 Å². The van der Waals surface area contributed by atoms with Crippen molar-refractivity contribution in [2.75, 3.05) is 6.54 Å². The van der Waals surface area contributed by atoms with Gasteiger partial charge in [-0.25, -0.2) is 4.79 Å². The zero-order valence-electron chi connectivity index (χ0n) is 22.6. The van der Waals surface area contributed by atoms with Gasteiger partial charge in [0.1, 0.15) is 11.6 Å². The maximum absolute atomic E-state index is 13.0. The van der Waals surface area contributed by atoms with E-state index < -0.39 is 17.6 Å². The molecule has 11 heteroatoms. The van der Waals surface area contributed by atoms with Gasteiger partial charge in [0, 0.05) is 54.1 Å². The third-order valence-electron chi connectivity index (χ3n) is 7.18. The molecule has 1 saturated heterocycles. The number of benzene rings is 1. The summed E-state index contributed by atoms with van der Waals surface area (Å²) < 4.78 is 5.65. The van der Waals surface area contributed by atoms with Crippen LogP contribution in [0.2, 0.25) is 0 Å². The Kier molecular flexibility index (Phi) is 8.46. The average Bonchev–Trinajstić information content (AvgIpc) is 3.19. The van der Waals surface area contributed by atoms with Gasteiger partial charge in [-0.15, -0.1) is 0 Å². The number of ether oxygens (including phenoxy) is 1. The van der Waals surface area contributed by atoms with Crippen LogP contribution in [0, 0.1) is 11.8 Å². The molecular weight excluding hydrogens is 500 g/mol. The summed E-state index contributed by atoms with van der Waals surface area (Å²) in [4.78, 5) is 55.8. The van der Waals surface area contributed by atoms with Crippen LogP contribution in [0.25, 0.3) is 10.4 Å². The van der Waals surface area contributed by atoms with Gasteiger partial charge in [0.25, 0.3) is 5.91 Å². The number of carbonyl (C=O) groups excluding carboxylic acids is 4. The Morgan fingerprint density at radius 2 is 1.95 bits per heavy atom. The number of rotatable bonds is 5. The SMILES string of the molecule is CC(C)(C)OC(=O)N(CCC#Cc1ccc2c(c1)CN(C1CCC(=O)NC1=O)C2=O)[C@H]1CC[C@H](N=[N+]=[N-])CC1. The number of amides is 4. The molecule has 1 unspecified atom stereocenters. The Morgan fingerprint density at radius 3 is 2.62 bits per heavy atom. The molecule has 3 aliphatic rings. The van der Waals surface area contributed by atoms with Crippen molar-refractivity contribution < 1.29 is 23.9 Å². The van der Waals surface area contributed by atoms with E-state index in [0.29, 0.717) is 31.5 Å². The maximum atomic E-state index is 13.0. The van der Waals surface area contributed by atoms with Crippen LogP contribution in [0.5, 0.6) is 0 Å². The summed E-state index contributed by atoms with van der Waals surface area (Å²) in [5.74, 6) is 5.30. The van der Waals surface area contributed by atoms with E-state index in [1.54, 1.807) is 17.0 Å². The standard InChI is InChI=1S/C28H34N6O5/c1-28(2,3)39-27(38)33(21-10-8-20(9-11-21)31-32-29)15-5-4-6-18-7-12-22-19(16-18)17-34(26(22)37)23-13-14-24(35)30-25(23)36/h7,12,16,20-21,23H,5,8-11,13-15,17H2,1-3H3,(H,30,35,36)/t20-,21-,23?. The van der Waals surface area contributed by atoms with Crippen molar-refractivity contribution in [1.82, 2.24) is 15.1 Å². The third kappa shape index (κ3) is 6.89. The molecule has 1 N–H and O–H groups in total. The predicted molar refractivity (Wildman–Crippen MR) is 142 cm³/mol. The first-order chi connectivity index (χ1) is 18.6. The lowest BCUT2D eigenvalue weighted by Crippen LogP contribution is -2.52. The Morgan fingerprint density at radius 1 is 1.21 bits per heavy atom. The molecule has 4 rings (SSSR count). The van der Waals surface area contributed by atoms with Crippen LogP contribution in [-0.2, 0) is 20.9 Å². The molecule has 4 amide bonds. The highest BCUT2D eigenvalue weighted by molar-refractivity contribution is 6.05. The van der Waals surface area contributed by atoms with Gasteiger partial charge in [0.15, 0.2) is 0 Å². The molecule has 1 aliphatic carbocycles. The van der Waals surface area contributed by atoms with Gasteiger partial charge < -0.3 is 14.5 Å². The van der Waals surface area contributed by atoms with E-state index in [0.717, 1.165) is 36.8 Å². The molecule has 2 aliphatic heterocycles. The molecule has 0 spiro atoms. The smallest absolute Gasteiger partial charge is 0.410 e. The van der Waals surface area contributed by atoms with Gasteiger partial charge in [-0.3, -0.25) is 19.7 Å². The van der Waals surface area contributed by atoms with Crippen LogP contribution in [-0.4, -0.2) is 63.9 Å². The number of piperidine rings is 1. The molecule has 1 aromatic carbocycles. The lowest BCUT2D eigenvalue weighted by molar-refractivity contribution is -0.136. The molecule has 39 heavy (non-hydrogen) atoms. The second kappa shape index (κ2) is 11.8. The van der Waals surface area contributed by atoms with Crippen LogP contribution >= 0.6 is 0 Å². The highest BCUT2D eigenvalue weighted by Crippen LogP contribution is 2.29. The van der Waals surface area contributed by atoms with Crippen molar-refractivity contribution in [3.05, 3.63) is 45.3 Å². The summed E-state index contributed by atoms with van der Waals surface area (Å²) in [7, 11) is 0. The Bertz CT molecular complexity index is 1260. The molecule has 0 bridgehead atoms. The fourth-order valence-corrected chi connectivity index (χ4v) is 5.29. The van der Waals surface area contributed by atoms with Crippen LogP contribution in [0.1, 0.15) is 87.2 Å². The van der Waals surface area contributed by atoms with E-state index in [-0.39, 0.29) is 36.4 Å². The first kappa shape index (κ1) is 28.0. The van der Waals surface area contributed by atoms with Crippen molar-refractivity contribution in [3.8, 4) is 11.8 Å². The minimum atomic E-state index is -0.655. The van der Waals surface area contributed by atoms with Gasteiger partial charge >= 0.3 is 6.09 Å².